The van der Waals surface area contributed by atoms with Crippen LogP contribution in [0.25, 0.3) is 0 Å². The first kappa shape index (κ1) is 22.2. The first-order valence-electron chi connectivity index (χ1n) is 9.76. The number of nitrogens with one attached hydrogen (secondary N) is 3. The van der Waals surface area contributed by atoms with Crippen LogP contribution in [-0.2, 0) is 11.3 Å². The number of carboxylic acid groups (broad SMARTS) is 1. The first-order chi connectivity index (χ1) is 15.4. The van der Waals surface area contributed by atoms with Gasteiger partial charge in [0.1, 0.15) is 6.54 Å². The van der Waals surface area contributed by atoms with Crippen LogP contribution in [0.4, 0.5) is 5.69 Å². The van der Waals surface area contributed by atoms with Gasteiger partial charge in [-0.05, 0) is 54.1 Å². The van der Waals surface area contributed by atoms with E-state index in [9.17, 15) is 19.2 Å². The molecule has 4 N–H and O–H groups in total. The summed E-state index contributed by atoms with van der Waals surface area (Å²) in [4.78, 5) is 46.9. The molecule has 0 aromatic heterocycles. The fourth-order valence-electron chi connectivity index (χ4n) is 2.81. The molecule has 0 heterocycles. The minimum Gasteiger partial charge on any atom is -0.480 e. The Morgan fingerprint density at radius 3 is 1.78 bits per heavy atom. The summed E-state index contributed by atoms with van der Waals surface area (Å²) in [6.45, 7) is -0.135. The Balaban J connectivity index is 1.52. The van der Waals surface area contributed by atoms with Crippen LogP contribution in [0.3, 0.4) is 0 Å². The van der Waals surface area contributed by atoms with Crippen molar-refractivity contribution in [3.8, 4) is 0 Å². The molecule has 0 fully saturated rings. The van der Waals surface area contributed by atoms with Crippen molar-refractivity contribution in [2.75, 3.05) is 11.9 Å². The second-order valence-corrected chi connectivity index (χ2v) is 6.85. The molecule has 0 unspecified atom stereocenters. The van der Waals surface area contributed by atoms with Gasteiger partial charge in [0.2, 0.25) is 0 Å². The van der Waals surface area contributed by atoms with Crippen molar-refractivity contribution in [1.29, 1.82) is 0 Å². The van der Waals surface area contributed by atoms with Gasteiger partial charge in [-0.15, -0.1) is 0 Å². The maximum absolute atomic E-state index is 12.4. The van der Waals surface area contributed by atoms with Gasteiger partial charge < -0.3 is 21.1 Å². The van der Waals surface area contributed by atoms with E-state index in [1.165, 1.54) is 12.1 Å². The summed E-state index contributed by atoms with van der Waals surface area (Å²) in [5, 5.41) is 16.4. The highest BCUT2D eigenvalue weighted by Gasteiger charge is 2.10. The van der Waals surface area contributed by atoms with Crippen molar-refractivity contribution in [3.05, 3.63) is 101 Å². The van der Waals surface area contributed by atoms with Crippen LogP contribution >= 0.6 is 0 Å². The highest BCUT2D eigenvalue weighted by atomic mass is 16.4. The van der Waals surface area contributed by atoms with Crippen molar-refractivity contribution in [2.45, 2.75) is 6.54 Å². The number of rotatable bonds is 8. The average Bonchev–Trinajstić information content (AvgIpc) is 2.82. The highest BCUT2D eigenvalue weighted by molar-refractivity contribution is 6.04. The zero-order chi connectivity index (χ0) is 22.9. The summed E-state index contributed by atoms with van der Waals surface area (Å²) in [6, 6.07) is 21.8. The summed E-state index contributed by atoms with van der Waals surface area (Å²) < 4.78 is 0. The van der Waals surface area contributed by atoms with E-state index in [1.54, 1.807) is 60.7 Å². The fraction of sp³-hybridized carbons (Fsp3) is 0.0833. The Hall–Kier alpha value is -4.46. The van der Waals surface area contributed by atoms with Crippen LogP contribution in [0.15, 0.2) is 78.9 Å². The van der Waals surface area contributed by atoms with Crippen LogP contribution in [0, 0.1) is 0 Å². The lowest BCUT2D eigenvalue weighted by Gasteiger charge is -2.08. The van der Waals surface area contributed by atoms with Crippen LogP contribution in [0.5, 0.6) is 0 Å². The lowest BCUT2D eigenvalue weighted by Crippen LogP contribution is -2.29. The Labute approximate surface area is 184 Å². The number of carboxylic acids is 1. The Morgan fingerprint density at radius 2 is 1.16 bits per heavy atom. The van der Waals surface area contributed by atoms with Crippen LogP contribution < -0.4 is 16.0 Å². The second-order valence-electron chi connectivity index (χ2n) is 6.85. The molecule has 0 aliphatic heterocycles. The lowest BCUT2D eigenvalue weighted by atomic mass is 10.1. The van der Waals surface area contributed by atoms with E-state index in [-0.39, 0.29) is 17.4 Å². The quantitative estimate of drug-likeness (QED) is 0.437. The monoisotopic (exact) mass is 431 g/mol. The zero-order valence-electron chi connectivity index (χ0n) is 17.0. The maximum atomic E-state index is 12.4. The van der Waals surface area contributed by atoms with Crippen molar-refractivity contribution >= 4 is 29.4 Å². The Bertz CT molecular complexity index is 1110. The van der Waals surface area contributed by atoms with Gasteiger partial charge in [-0.1, -0.05) is 30.3 Å². The van der Waals surface area contributed by atoms with E-state index >= 15 is 0 Å². The smallest absolute Gasteiger partial charge is 0.322 e. The molecular weight excluding hydrogens is 410 g/mol. The molecule has 0 bridgehead atoms. The van der Waals surface area contributed by atoms with Gasteiger partial charge in [-0.2, -0.15) is 0 Å². The molecule has 0 aliphatic carbocycles. The van der Waals surface area contributed by atoms with Gasteiger partial charge in [0.15, 0.2) is 0 Å². The van der Waals surface area contributed by atoms with Crippen molar-refractivity contribution < 1.29 is 24.3 Å². The Morgan fingerprint density at radius 1 is 0.625 bits per heavy atom. The van der Waals surface area contributed by atoms with E-state index in [1.807, 2.05) is 6.07 Å². The number of anilines is 1. The fourth-order valence-corrected chi connectivity index (χ4v) is 2.81. The molecule has 3 aromatic rings. The molecule has 0 saturated heterocycles. The molecular formula is C24H21N3O5. The maximum Gasteiger partial charge on any atom is 0.322 e. The van der Waals surface area contributed by atoms with Crippen molar-refractivity contribution in [1.82, 2.24) is 10.6 Å². The van der Waals surface area contributed by atoms with E-state index in [2.05, 4.69) is 16.0 Å². The number of benzene rings is 3. The van der Waals surface area contributed by atoms with E-state index < -0.39 is 18.4 Å². The predicted molar refractivity (Wildman–Crippen MR) is 118 cm³/mol. The van der Waals surface area contributed by atoms with Gasteiger partial charge >= 0.3 is 5.97 Å². The molecule has 0 aliphatic rings. The summed E-state index contributed by atoms with van der Waals surface area (Å²) in [6.07, 6.45) is 0. The molecule has 0 atom stereocenters. The number of carbonyl (C=O) groups is 4. The third-order valence-electron chi connectivity index (χ3n) is 4.51. The summed E-state index contributed by atoms with van der Waals surface area (Å²) in [7, 11) is 0. The van der Waals surface area contributed by atoms with E-state index in [4.69, 9.17) is 5.11 Å². The third-order valence-corrected chi connectivity index (χ3v) is 4.51. The van der Waals surface area contributed by atoms with Crippen molar-refractivity contribution in [2.24, 2.45) is 0 Å². The number of carbonyl (C=O) groups excluding carboxylic acids is 3. The molecule has 8 nitrogen and oxygen atoms in total. The predicted octanol–water partition coefficient (Wildman–Crippen LogP) is 2.68. The van der Waals surface area contributed by atoms with E-state index in [0.29, 0.717) is 23.4 Å². The molecule has 3 aromatic carbocycles. The van der Waals surface area contributed by atoms with Gasteiger partial charge in [0.05, 0.1) is 0 Å². The number of amides is 3. The lowest BCUT2D eigenvalue weighted by molar-refractivity contribution is -0.135. The van der Waals surface area contributed by atoms with Gasteiger partial charge in [0, 0.05) is 28.9 Å². The standard InChI is InChI=1S/C24H21N3O5/c28-21(29)15-26-23(31)18-10-12-20(13-11-18)27-24(32)19-8-6-16(7-9-19)14-25-22(30)17-4-2-1-3-5-17/h1-13H,14-15H2,(H,25,30)(H,26,31)(H,27,32)(H,28,29). The van der Waals surface area contributed by atoms with Crippen LogP contribution in [0.1, 0.15) is 36.6 Å². The number of hydrogen-bond donors (Lipinski definition) is 4. The number of aliphatic carboxylic acids is 1. The second kappa shape index (κ2) is 10.5. The van der Waals surface area contributed by atoms with Gasteiger partial charge in [0.25, 0.3) is 17.7 Å². The summed E-state index contributed by atoms with van der Waals surface area (Å²) in [5.74, 6) is -2.15. The topological polar surface area (TPSA) is 125 Å². The molecule has 3 amide bonds. The van der Waals surface area contributed by atoms with Crippen LogP contribution in [-0.4, -0.2) is 35.3 Å². The normalized spacial score (nSPS) is 10.1. The summed E-state index contributed by atoms with van der Waals surface area (Å²) >= 11 is 0. The average molecular weight is 431 g/mol. The molecule has 0 radical (unpaired) electrons. The molecule has 32 heavy (non-hydrogen) atoms. The van der Waals surface area contributed by atoms with Crippen LogP contribution in [0.2, 0.25) is 0 Å². The van der Waals surface area contributed by atoms with E-state index in [0.717, 1.165) is 5.56 Å². The SMILES string of the molecule is O=C(O)CNC(=O)c1ccc(NC(=O)c2ccc(CNC(=O)c3ccccc3)cc2)cc1. The highest BCUT2D eigenvalue weighted by Crippen LogP contribution is 2.12. The molecule has 8 heteroatoms. The van der Waals surface area contributed by atoms with Crippen molar-refractivity contribution in [3.63, 3.8) is 0 Å². The molecule has 162 valence electrons. The molecule has 3 rings (SSSR count). The molecule has 0 saturated carbocycles. The molecule has 0 spiro atoms. The van der Waals surface area contributed by atoms with Gasteiger partial charge in [-0.3, -0.25) is 19.2 Å². The first-order valence-corrected chi connectivity index (χ1v) is 9.76. The Kier molecular flexibility index (Phi) is 7.32. The minimum absolute atomic E-state index is 0.174. The largest absolute Gasteiger partial charge is 0.480 e. The minimum atomic E-state index is -1.13. The van der Waals surface area contributed by atoms with Gasteiger partial charge in [-0.25, -0.2) is 0 Å². The third kappa shape index (κ3) is 6.27. The number of hydrogen-bond acceptors (Lipinski definition) is 4. The zero-order valence-corrected chi connectivity index (χ0v) is 17.0. The summed E-state index contributed by atoms with van der Waals surface area (Å²) in [5.41, 5.74) is 2.64.